The highest BCUT2D eigenvalue weighted by Gasteiger charge is 2.14. The smallest absolute Gasteiger partial charge is 0.313 e. The van der Waals surface area contributed by atoms with Crippen LogP contribution < -0.4 is 10.6 Å². The molecule has 2 amide bonds. The van der Waals surface area contributed by atoms with Gasteiger partial charge in [0.2, 0.25) is 0 Å². The number of hydrogen-bond acceptors (Lipinski definition) is 2. The number of aryl methyl sites for hydroxylation is 1. The Morgan fingerprint density at radius 3 is 2.41 bits per heavy atom. The Kier molecular flexibility index (Phi) is 5.12. The van der Waals surface area contributed by atoms with Crippen molar-refractivity contribution in [2.45, 2.75) is 13.5 Å². The van der Waals surface area contributed by atoms with Crippen molar-refractivity contribution in [3.05, 3.63) is 64.4 Å². The first-order valence-corrected chi connectivity index (χ1v) is 6.93. The van der Waals surface area contributed by atoms with Gasteiger partial charge in [-0.05, 0) is 48.4 Å². The Hall–Kier alpha value is -2.40. The fourth-order valence-electron chi connectivity index (χ4n) is 1.81. The zero-order valence-corrected chi connectivity index (χ0v) is 12.6. The highest BCUT2D eigenvalue weighted by Crippen LogP contribution is 2.15. The molecule has 114 valence electrons. The summed E-state index contributed by atoms with van der Waals surface area (Å²) in [6.07, 6.45) is 0. The maximum absolute atomic E-state index is 13.0. The van der Waals surface area contributed by atoms with Gasteiger partial charge in [0.1, 0.15) is 5.82 Å². The molecular weight excluding hydrogens is 307 g/mol. The van der Waals surface area contributed by atoms with Gasteiger partial charge in [0, 0.05) is 17.3 Å². The van der Waals surface area contributed by atoms with Gasteiger partial charge in [-0.3, -0.25) is 9.59 Å². The van der Waals surface area contributed by atoms with Crippen molar-refractivity contribution < 1.29 is 14.0 Å². The molecule has 0 aromatic heterocycles. The Balaban J connectivity index is 1.92. The molecule has 0 aliphatic rings. The minimum absolute atomic E-state index is 0.214. The molecule has 0 radical (unpaired) electrons. The number of hydrogen-bond donors (Lipinski definition) is 2. The third-order valence-corrected chi connectivity index (χ3v) is 3.26. The van der Waals surface area contributed by atoms with Crippen molar-refractivity contribution in [2.24, 2.45) is 0 Å². The van der Waals surface area contributed by atoms with E-state index in [1.54, 1.807) is 31.2 Å². The molecule has 0 atom stereocenters. The Bertz CT molecular complexity index is 702. The fraction of sp³-hybridized carbons (Fsp3) is 0.125. The van der Waals surface area contributed by atoms with Gasteiger partial charge in [-0.1, -0.05) is 23.7 Å². The molecule has 2 aromatic rings. The van der Waals surface area contributed by atoms with Crippen LogP contribution in [0.1, 0.15) is 11.1 Å². The molecule has 0 aliphatic carbocycles. The van der Waals surface area contributed by atoms with Crippen LogP contribution >= 0.6 is 11.6 Å². The van der Waals surface area contributed by atoms with Crippen molar-refractivity contribution in [3.63, 3.8) is 0 Å². The number of halogens is 2. The van der Waals surface area contributed by atoms with E-state index < -0.39 is 17.6 Å². The molecule has 22 heavy (non-hydrogen) atoms. The van der Waals surface area contributed by atoms with E-state index in [0.717, 1.165) is 5.56 Å². The summed E-state index contributed by atoms with van der Waals surface area (Å²) in [5.41, 5.74) is 1.76. The van der Waals surface area contributed by atoms with Crippen LogP contribution in [0.3, 0.4) is 0 Å². The molecule has 0 bridgehead atoms. The van der Waals surface area contributed by atoms with E-state index in [0.29, 0.717) is 16.3 Å². The van der Waals surface area contributed by atoms with Crippen LogP contribution in [-0.4, -0.2) is 11.8 Å². The lowest BCUT2D eigenvalue weighted by Gasteiger charge is -2.09. The molecule has 4 nitrogen and oxygen atoms in total. The second kappa shape index (κ2) is 7.04. The van der Waals surface area contributed by atoms with E-state index in [1.807, 2.05) is 0 Å². The second-order valence-electron chi connectivity index (χ2n) is 4.72. The van der Waals surface area contributed by atoms with Gasteiger partial charge in [-0.2, -0.15) is 0 Å². The Morgan fingerprint density at radius 2 is 1.77 bits per heavy atom. The predicted octanol–water partition coefficient (Wildman–Crippen LogP) is 3.04. The molecular formula is C16H14ClFN2O2. The molecule has 0 spiro atoms. The number of rotatable bonds is 3. The highest BCUT2D eigenvalue weighted by molar-refractivity contribution is 6.39. The third-order valence-electron chi connectivity index (χ3n) is 3.01. The SMILES string of the molecule is Cc1cc(F)ccc1NC(=O)C(=O)NCc1ccc(Cl)cc1. The number of carbonyl (C=O) groups is 2. The number of amides is 2. The first kappa shape index (κ1) is 16.0. The van der Waals surface area contributed by atoms with E-state index in [1.165, 1.54) is 18.2 Å². The van der Waals surface area contributed by atoms with E-state index in [-0.39, 0.29) is 6.54 Å². The summed E-state index contributed by atoms with van der Waals surface area (Å²) in [7, 11) is 0. The molecule has 2 N–H and O–H groups in total. The van der Waals surface area contributed by atoms with E-state index in [9.17, 15) is 14.0 Å². The molecule has 0 saturated carbocycles. The van der Waals surface area contributed by atoms with Gasteiger partial charge < -0.3 is 10.6 Å². The standard InChI is InChI=1S/C16H14ClFN2O2/c1-10-8-13(18)6-7-14(10)20-16(22)15(21)19-9-11-2-4-12(17)5-3-11/h2-8H,9H2,1H3,(H,19,21)(H,20,22). The zero-order chi connectivity index (χ0) is 16.1. The zero-order valence-electron chi connectivity index (χ0n) is 11.8. The van der Waals surface area contributed by atoms with Crippen LogP contribution in [0.25, 0.3) is 0 Å². The number of benzene rings is 2. The highest BCUT2D eigenvalue weighted by atomic mass is 35.5. The van der Waals surface area contributed by atoms with Gasteiger partial charge in [0.05, 0.1) is 0 Å². The Morgan fingerprint density at radius 1 is 1.09 bits per heavy atom. The summed E-state index contributed by atoms with van der Waals surface area (Å²) >= 11 is 5.76. The van der Waals surface area contributed by atoms with Crippen molar-refractivity contribution in [1.29, 1.82) is 0 Å². The summed E-state index contributed by atoms with van der Waals surface area (Å²) in [6.45, 7) is 1.86. The minimum Gasteiger partial charge on any atom is -0.344 e. The summed E-state index contributed by atoms with van der Waals surface area (Å²) in [6, 6.07) is 10.8. The Labute approximate surface area is 132 Å². The largest absolute Gasteiger partial charge is 0.344 e. The number of carbonyl (C=O) groups excluding carboxylic acids is 2. The molecule has 0 saturated heterocycles. The van der Waals surface area contributed by atoms with Gasteiger partial charge >= 0.3 is 11.8 Å². The summed E-state index contributed by atoms with van der Waals surface area (Å²) in [5.74, 6) is -1.97. The molecule has 2 rings (SSSR count). The van der Waals surface area contributed by atoms with Crippen molar-refractivity contribution in [1.82, 2.24) is 5.32 Å². The second-order valence-corrected chi connectivity index (χ2v) is 5.16. The average Bonchev–Trinajstić information content (AvgIpc) is 2.49. The van der Waals surface area contributed by atoms with Crippen molar-refractivity contribution in [2.75, 3.05) is 5.32 Å². The maximum Gasteiger partial charge on any atom is 0.313 e. The summed E-state index contributed by atoms with van der Waals surface area (Å²) < 4.78 is 13.0. The predicted molar refractivity (Wildman–Crippen MR) is 83.1 cm³/mol. The van der Waals surface area contributed by atoms with Gasteiger partial charge in [0.15, 0.2) is 0 Å². The van der Waals surface area contributed by atoms with Gasteiger partial charge in [0.25, 0.3) is 0 Å². The molecule has 0 aliphatic heterocycles. The lowest BCUT2D eigenvalue weighted by molar-refractivity contribution is -0.136. The van der Waals surface area contributed by atoms with Gasteiger partial charge in [-0.25, -0.2) is 4.39 Å². The van der Waals surface area contributed by atoms with Crippen molar-refractivity contribution >= 4 is 29.1 Å². The molecule has 0 heterocycles. The molecule has 2 aromatic carbocycles. The van der Waals surface area contributed by atoms with E-state index in [4.69, 9.17) is 11.6 Å². The number of nitrogens with one attached hydrogen (secondary N) is 2. The lowest BCUT2D eigenvalue weighted by Crippen LogP contribution is -2.35. The van der Waals surface area contributed by atoms with Crippen LogP contribution in [-0.2, 0) is 16.1 Å². The number of anilines is 1. The first-order valence-electron chi connectivity index (χ1n) is 6.55. The quantitative estimate of drug-likeness (QED) is 0.854. The van der Waals surface area contributed by atoms with Crippen LogP contribution in [0.2, 0.25) is 5.02 Å². The maximum atomic E-state index is 13.0. The van der Waals surface area contributed by atoms with Crippen LogP contribution in [0, 0.1) is 12.7 Å². The van der Waals surface area contributed by atoms with E-state index in [2.05, 4.69) is 10.6 Å². The normalized spacial score (nSPS) is 10.1. The third kappa shape index (κ3) is 4.30. The molecule has 0 unspecified atom stereocenters. The monoisotopic (exact) mass is 320 g/mol. The van der Waals surface area contributed by atoms with Crippen LogP contribution in [0.4, 0.5) is 10.1 Å². The fourth-order valence-corrected chi connectivity index (χ4v) is 1.94. The minimum atomic E-state index is -0.802. The van der Waals surface area contributed by atoms with E-state index >= 15 is 0 Å². The summed E-state index contributed by atoms with van der Waals surface area (Å²) in [4.78, 5) is 23.5. The lowest BCUT2D eigenvalue weighted by atomic mass is 10.2. The van der Waals surface area contributed by atoms with Gasteiger partial charge in [-0.15, -0.1) is 0 Å². The average molecular weight is 321 g/mol. The van der Waals surface area contributed by atoms with Crippen LogP contribution in [0.15, 0.2) is 42.5 Å². The van der Waals surface area contributed by atoms with Crippen LogP contribution in [0.5, 0.6) is 0 Å². The summed E-state index contributed by atoms with van der Waals surface area (Å²) in [5, 5.41) is 5.54. The molecule has 0 fully saturated rings. The topological polar surface area (TPSA) is 58.2 Å². The molecule has 6 heteroatoms. The first-order chi connectivity index (χ1) is 10.5. The van der Waals surface area contributed by atoms with Crippen molar-refractivity contribution in [3.8, 4) is 0 Å².